The van der Waals surface area contributed by atoms with Crippen molar-refractivity contribution >= 4 is 24.3 Å². The van der Waals surface area contributed by atoms with Crippen LogP contribution in [0.25, 0.3) is 0 Å². The monoisotopic (exact) mass is 220 g/mol. The molecule has 1 atom stereocenters. The Bertz CT molecular complexity index is 181. The molecule has 0 aromatic heterocycles. The van der Waals surface area contributed by atoms with Crippen molar-refractivity contribution in [2.24, 2.45) is 22.2 Å². The average molecular weight is 221 g/mol. The standard InChI is InChI=1S/C6H14N4O2.ClH/c7-4(5(11)12)2-1-3-10-6(8)9;/h4H,1-3,7H2,(H,11,12)(H4,8,9,10);1H/i1+1,2+1,3+1,4+1,5+1,6+1,7+1,8+1,9+1,10+1;. The normalized spacial score (nSPS) is 11.2. The summed E-state index contributed by atoms with van der Waals surface area (Å²) in [6.45, 7) is 0.420. The zero-order chi connectivity index (χ0) is 9.56. The van der Waals surface area contributed by atoms with E-state index in [-0.39, 0.29) is 18.4 Å². The van der Waals surface area contributed by atoms with Crippen LogP contribution in [0.2, 0.25) is 0 Å². The summed E-state index contributed by atoms with van der Waals surface area (Å²) in [5, 5.41) is 8.38. The molecule has 0 aromatic rings. The molecule has 6 nitrogen and oxygen atoms in total. The van der Waals surface area contributed by atoms with Gasteiger partial charge in [0.2, 0.25) is 0 Å². The van der Waals surface area contributed by atoms with E-state index in [0.717, 1.165) is 0 Å². The molecule has 0 aliphatic rings. The third kappa shape index (κ3) is 8.90. The summed E-state index contributed by atoms with van der Waals surface area (Å²) in [6, 6.07) is -0.820. The van der Waals surface area contributed by atoms with Crippen LogP contribution in [0.4, 0.5) is 0 Å². The number of nitrogens with zero attached hydrogens (tertiary/aromatic N) is 1. The Kier molecular flexibility index (Phi) is 8.52. The number of hydrogen-bond donors (Lipinski definition) is 4. The molecular formula is C6H15ClN4O2. The van der Waals surface area contributed by atoms with Crippen molar-refractivity contribution in [1.29, 1.82) is 0 Å². The van der Waals surface area contributed by atoms with Crippen LogP contribution in [0.5, 0.6) is 0 Å². The molecular weight excluding hydrogens is 205 g/mol. The molecule has 0 aliphatic heterocycles. The summed E-state index contributed by atoms with van der Waals surface area (Å²) in [7, 11) is 0. The first-order chi connectivity index (χ1) is 5.54. The van der Waals surface area contributed by atoms with Gasteiger partial charge in [-0.25, -0.2) is 0 Å². The fourth-order valence-electron chi connectivity index (χ4n) is 0.643. The highest BCUT2D eigenvalue weighted by Gasteiger charge is 2.09. The van der Waals surface area contributed by atoms with E-state index in [1.165, 1.54) is 0 Å². The topological polar surface area (TPSA) is 128 Å². The number of hydrogen-bond acceptors (Lipinski definition) is 3. The zero-order valence-electron chi connectivity index (χ0n) is 7.14. The fourth-order valence-corrected chi connectivity index (χ4v) is 0.643. The first-order valence-corrected chi connectivity index (χ1v) is 3.58. The second-order valence-corrected chi connectivity index (χ2v) is 2.39. The molecule has 0 bridgehead atoms. The van der Waals surface area contributed by atoms with Crippen molar-refractivity contribution in [2.45, 2.75) is 18.9 Å². The van der Waals surface area contributed by atoms with E-state index in [1.54, 1.807) is 0 Å². The van der Waals surface area contributed by atoms with Gasteiger partial charge < -0.3 is 22.3 Å². The molecule has 0 spiro atoms. The molecule has 0 fully saturated rings. The summed E-state index contributed by atoms with van der Waals surface area (Å²) >= 11 is 0. The Morgan fingerprint density at radius 3 is 2.38 bits per heavy atom. The average Bonchev–Trinajstić information content (AvgIpc) is 1.97. The van der Waals surface area contributed by atoms with Gasteiger partial charge >= 0.3 is 5.97 Å². The Morgan fingerprint density at radius 1 is 1.46 bits per heavy atom. The number of carboxylic acids is 1. The van der Waals surface area contributed by atoms with Crippen LogP contribution in [0.1, 0.15) is 12.8 Å². The lowest BCUT2D eigenvalue weighted by molar-refractivity contribution is -0.138. The van der Waals surface area contributed by atoms with Gasteiger partial charge in [-0.05, 0) is 12.8 Å². The number of nitrogens with two attached hydrogens (primary N) is 3. The van der Waals surface area contributed by atoms with E-state index in [9.17, 15) is 4.79 Å². The van der Waals surface area contributed by atoms with E-state index < -0.39 is 12.0 Å². The molecule has 0 radical (unpaired) electrons. The number of aliphatic carboxylic acids is 1. The number of halogens is 1. The van der Waals surface area contributed by atoms with Gasteiger partial charge in [-0.15, -0.1) is 12.4 Å². The summed E-state index contributed by atoms with van der Waals surface area (Å²) < 4.78 is 0. The van der Waals surface area contributed by atoms with Gasteiger partial charge in [0, 0.05) is 6.54 Å². The van der Waals surface area contributed by atoms with E-state index in [2.05, 4.69) is 4.99 Å². The summed E-state index contributed by atoms with van der Waals surface area (Å²) in [6.07, 6.45) is 0.956. The van der Waals surface area contributed by atoms with Gasteiger partial charge in [0.1, 0.15) is 6.04 Å². The Labute approximate surface area is 82.6 Å². The maximum atomic E-state index is 10.2. The molecule has 0 aliphatic carbocycles. The Balaban J connectivity index is 0. The van der Waals surface area contributed by atoms with Gasteiger partial charge in [-0.1, -0.05) is 0 Å². The summed E-state index contributed by atoms with van der Waals surface area (Å²) in [5.74, 6) is -0.987. The lowest BCUT2D eigenvalue weighted by Gasteiger charge is -2.03. The summed E-state index contributed by atoms with van der Waals surface area (Å²) in [5.41, 5.74) is 15.3. The molecule has 1 unspecified atom stereocenters. The molecule has 0 heterocycles. The first kappa shape index (κ1) is 14.5. The fraction of sp³-hybridized carbons (Fsp3) is 0.667. The molecule has 78 valence electrons. The molecule has 0 saturated carbocycles. The molecule has 0 aromatic carbocycles. The number of carbonyl (C=O) groups is 1. The highest BCUT2D eigenvalue weighted by atomic mass is 35.5. The van der Waals surface area contributed by atoms with Gasteiger partial charge in [-0.3, -0.25) is 9.79 Å². The number of rotatable bonds is 5. The van der Waals surface area contributed by atoms with E-state index in [1.807, 2.05) is 0 Å². The zero-order valence-corrected chi connectivity index (χ0v) is 7.96. The maximum absolute atomic E-state index is 10.2. The molecule has 0 saturated heterocycles. The van der Waals surface area contributed by atoms with Crippen molar-refractivity contribution in [2.75, 3.05) is 6.54 Å². The second kappa shape index (κ2) is 7.63. The van der Waals surface area contributed by atoms with Crippen LogP contribution in [0.15, 0.2) is 4.99 Å². The predicted octanol–water partition coefficient (Wildman–Crippen LogP) is -1.13. The minimum Gasteiger partial charge on any atom is -0.480 e. The van der Waals surface area contributed by atoms with Gasteiger partial charge in [0.15, 0.2) is 5.96 Å². The van der Waals surface area contributed by atoms with Gasteiger partial charge in [0.05, 0.1) is 0 Å². The molecule has 7 N–H and O–H groups in total. The molecule has 13 heavy (non-hydrogen) atoms. The Morgan fingerprint density at radius 2 is 2.00 bits per heavy atom. The number of guanidine groups is 1. The van der Waals surface area contributed by atoms with Crippen LogP contribution >= 0.6 is 12.4 Å². The lowest BCUT2D eigenvalue weighted by atomic mass is 11.1. The maximum Gasteiger partial charge on any atom is 0.320 e. The summed E-state index contributed by atoms with van der Waals surface area (Å²) in [4.78, 5) is 13.9. The minimum absolute atomic E-state index is 0. The third-order valence-electron chi connectivity index (χ3n) is 1.28. The SMILES string of the molecule is Cl.[15NH2][13C]([15NH2])=[15N][13CH2][13CH2][13CH2][13CH]([15NH2])[13C](=O)O. The van der Waals surface area contributed by atoms with Crippen molar-refractivity contribution in [3.05, 3.63) is 0 Å². The van der Waals surface area contributed by atoms with E-state index in [4.69, 9.17) is 22.3 Å². The highest BCUT2D eigenvalue weighted by molar-refractivity contribution is 5.85. The van der Waals surface area contributed by atoms with E-state index in [0.29, 0.717) is 19.4 Å². The van der Waals surface area contributed by atoms with E-state index >= 15 is 0 Å². The Hall–Kier alpha value is -1.01. The van der Waals surface area contributed by atoms with Crippen molar-refractivity contribution in [1.82, 2.24) is 0 Å². The molecule has 0 amide bonds. The third-order valence-corrected chi connectivity index (χ3v) is 1.28. The van der Waals surface area contributed by atoms with Crippen LogP contribution in [0, 0.1) is 0 Å². The highest BCUT2D eigenvalue weighted by Crippen LogP contribution is 1.94. The van der Waals surface area contributed by atoms with Crippen LogP contribution in [-0.4, -0.2) is 29.6 Å². The van der Waals surface area contributed by atoms with Crippen molar-refractivity contribution in [3.63, 3.8) is 0 Å². The van der Waals surface area contributed by atoms with Crippen LogP contribution in [0.3, 0.4) is 0 Å². The smallest absolute Gasteiger partial charge is 0.320 e. The lowest BCUT2D eigenvalue weighted by Crippen LogP contribution is -2.30. The van der Waals surface area contributed by atoms with Crippen molar-refractivity contribution in [3.8, 4) is 0 Å². The molecule has 0 rings (SSSR count). The largest absolute Gasteiger partial charge is 0.480 e. The van der Waals surface area contributed by atoms with Gasteiger partial charge in [0.25, 0.3) is 0 Å². The number of aliphatic imine (C=N–C) groups is 1. The molecule has 7 heteroatoms. The van der Waals surface area contributed by atoms with Crippen LogP contribution in [-0.2, 0) is 4.79 Å². The van der Waals surface area contributed by atoms with Crippen molar-refractivity contribution < 1.29 is 9.90 Å². The predicted molar refractivity (Wildman–Crippen MR) is 52.8 cm³/mol. The van der Waals surface area contributed by atoms with Crippen LogP contribution < -0.4 is 17.2 Å². The second-order valence-electron chi connectivity index (χ2n) is 2.39. The van der Waals surface area contributed by atoms with Gasteiger partial charge in [-0.2, -0.15) is 0 Å². The first-order valence-electron chi connectivity index (χ1n) is 3.58. The minimum atomic E-state index is -1.00. The number of carboxylic acid groups (broad SMARTS) is 1. The quantitative estimate of drug-likeness (QED) is 0.153.